The number of nitrogens with zero attached hydrogens (tertiary/aromatic N) is 8. The molecule has 0 aliphatic carbocycles. The average molecular weight is 1290 g/mol. The number of Topliss-reactive ketones (excluding diaryl/α,β-unsaturated/α-hetero) is 2. The predicted octanol–water partition coefficient (Wildman–Crippen LogP) is 3.86. The van der Waals surface area contributed by atoms with Gasteiger partial charge in [-0.05, 0) is 62.2 Å². The Kier molecular flexibility index (Phi) is 25.2. The fourth-order valence-corrected chi connectivity index (χ4v) is 8.52. The second-order valence-corrected chi connectivity index (χ2v) is 17.1. The van der Waals surface area contributed by atoms with E-state index < -0.39 is 24.1 Å². The van der Waals surface area contributed by atoms with Crippen LogP contribution in [0.25, 0.3) is 21.8 Å². The van der Waals surface area contributed by atoms with Crippen LogP contribution in [-0.2, 0) is 101 Å². The number of halogens is 3. The van der Waals surface area contributed by atoms with Crippen LogP contribution in [0.2, 0.25) is 0 Å². The molecule has 0 saturated carbocycles. The van der Waals surface area contributed by atoms with Crippen molar-refractivity contribution in [1.82, 2.24) is 34.4 Å². The average Bonchev–Trinajstić information content (AvgIpc) is 3.96. The first-order valence-corrected chi connectivity index (χ1v) is 24.2. The number of hydrogen-bond acceptors (Lipinski definition) is 17. The minimum atomic E-state index is -0.556. The molecule has 4 aromatic heterocycles. The fraction of sp³-hybridized carbons (Fsp3) is 0.347. The molecule has 77 heavy (non-hydrogen) atoms. The zero-order valence-corrected chi connectivity index (χ0v) is 49.0. The van der Waals surface area contributed by atoms with Crippen LogP contribution in [0, 0.1) is 30.4 Å². The summed E-state index contributed by atoms with van der Waals surface area (Å²) in [5.41, 5.74) is 9.33. The van der Waals surface area contributed by atoms with Gasteiger partial charge in [-0.1, -0.05) is 0 Å². The molecule has 2 atom stereocenters. The van der Waals surface area contributed by atoms with Crippen LogP contribution in [0.5, 0.6) is 11.8 Å². The Hall–Kier alpha value is -5.45. The van der Waals surface area contributed by atoms with Gasteiger partial charge in [0.1, 0.15) is 54.7 Å². The number of ketones is 2. The molecule has 2 fully saturated rings. The zero-order chi connectivity index (χ0) is 52.7. The number of cyclic esters (lactones) is 2. The normalized spacial score (nSPS) is 15.8. The van der Waals surface area contributed by atoms with Crippen LogP contribution in [-0.4, -0.2) is 117 Å². The largest absolute Gasteiger partial charge is 0.468 e. The fourth-order valence-electron chi connectivity index (χ4n) is 8.52. The summed E-state index contributed by atoms with van der Waals surface area (Å²) in [4.78, 5) is 104. The summed E-state index contributed by atoms with van der Waals surface area (Å²) in [6, 6.07) is 9.12. The van der Waals surface area contributed by atoms with E-state index in [-0.39, 0.29) is 150 Å². The third-order valence-corrected chi connectivity index (χ3v) is 12.1. The number of aldehydes is 1. The molecule has 10 rings (SSSR count). The molecule has 4 aliphatic heterocycles. The molecule has 6 aromatic rings. The third kappa shape index (κ3) is 15.0. The third-order valence-electron chi connectivity index (χ3n) is 12.1. The maximum atomic E-state index is 14.7. The maximum Gasteiger partial charge on any atom is 0.416 e. The van der Waals surface area contributed by atoms with E-state index in [9.17, 15) is 42.3 Å². The van der Waals surface area contributed by atoms with Crippen molar-refractivity contribution in [3.05, 3.63) is 120 Å². The standard InChI is InChI=1S/C24H24FN5O5.C13H12FNO2.C11H12N4O4.CH2I.2H2S.2V/c1-13-7-21(32)29(2)22-16(13)3-4-18(25)17(22)5-6-26-9-15-11-30(24(33)35-15)20-10-27-23-19(28-20)8-14(31)12-34-23;1-8-7-12(17)15(2)13-9(8)3-4-11(14)10(13)5-6-16;12-2-7-4-15(11(17)19-7)9-3-13-10-8(14-9)1-6(16)5-18-10;1-2;;;;/h3-4,7,10,15,26H,5-6,8-9,11-12H2,1-2H3;3-4,6-7H,5H2,1-2H3;3,7H,1-2,4-5,12H2;1H2;2*1H2;;/q;;;-1;;;;/t15-;;7-;;;;;/m0.0...../s1. The van der Waals surface area contributed by atoms with Gasteiger partial charge in [0.05, 0.1) is 49.4 Å². The van der Waals surface area contributed by atoms with E-state index in [1.807, 2.05) is 29.5 Å². The first-order chi connectivity index (χ1) is 35.0. The van der Waals surface area contributed by atoms with Crippen LogP contribution < -0.4 is 41.4 Å². The summed E-state index contributed by atoms with van der Waals surface area (Å²) in [6.07, 6.45) is 2.24. The number of nitrogens with one attached hydrogen (secondary N) is 1. The number of hydrogen-bond donors (Lipinski definition) is 2. The molecule has 410 valence electrons. The Balaban J connectivity index is 0.000000317. The number of aryl methyl sites for hydroxylation is 4. The summed E-state index contributed by atoms with van der Waals surface area (Å²) in [6.45, 7) is 5.23. The van der Waals surface area contributed by atoms with E-state index in [1.165, 1.54) is 49.5 Å². The summed E-state index contributed by atoms with van der Waals surface area (Å²) >= 11 is 1.90. The number of ether oxygens (including phenoxy) is 4. The zero-order valence-electron chi connectivity index (χ0n) is 42.0. The molecule has 21 nitrogen and oxygen atoms in total. The van der Waals surface area contributed by atoms with Crippen molar-refractivity contribution in [2.75, 3.05) is 55.7 Å². The Morgan fingerprint density at radius 3 is 1.62 bits per heavy atom. The van der Waals surface area contributed by atoms with E-state index in [0.717, 1.165) is 21.9 Å². The number of rotatable bonds is 10. The van der Waals surface area contributed by atoms with Crippen LogP contribution in [0.3, 0.4) is 0 Å². The summed E-state index contributed by atoms with van der Waals surface area (Å²) < 4.78 is 52.0. The Morgan fingerprint density at radius 2 is 1.17 bits per heavy atom. The number of carbonyl (C=O) groups is 5. The molecular formula is C49H54F2IN10O11S2V2-. The molecule has 8 heterocycles. The molecule has 0 spiro atoms. The number of amides is 2. The second kappa shape index (κ2) is 29.5. The summed E-state index contributed by atoms with van der Waals surface area (Å²) in [5.74, 6) is 0.285. The number of anilines is 2. The smallest absolute Gasteiger partial charge is 0.416 e. The van der Waals surface area contributed by atoms with Crippen molar-refractivity contribution < 1.29 is 88.8 Å². The molecular weight excluding hydrogens is 1240 g/mol. The van der Waals surface area contributed by atoms with Crippen molar-refractivity contribution in [3.8, 4) is 11.8 Å². The van der Waals surface area contributed by atoms with Gasteiger partial charge in [0.2, 0.25) is 11.8 Å². The Labute approximate surface area is 491 Å². The van der Waals surface area contributed by atoms with Gasteiger partial charge in [0.25, 0.3) is 11.1 Å². The summed E-state index contributed by atoms with van der Waals surface area (Å²) in [5, 5.41) is 4.84. The van der Waals surface area contributed by atoms with Crippen molar-refractivity contribution in [1.29, 1.82) is 0 Å². The maximum absolute atomic E-state index is 14.7. The molecule has 0 unspecified atom stereocenters. The molecule has 28 heteroatoms. The van der Waals surface area contributed by atoms with Crippen LogP contribution >= 0.6 is 49.6 Å². The van der Waals surface area contributed by atoms with Gasteiger partial charge in [-0.2, -0.15) is 27.0 Å². The quantitative estimate of drug-likeness (QED) is 0.0854. The van der Waals surface area contributed by atoms with Crippen LogP contribution in [0.15, 0.2) is 58.4 Å². The van der Waals surface area contributed by atoms with Gasteiger partial charge in [0.15, 0.2) is 23.2 Å². The van der Waals surface area contributed by atoms with Gasteiger partial charge in [-0.3, -0.25) is 33.9 Å². The number of benzene rings is 2. The molecule has 2 aromatic carbocycles. The number of carbonyl (C=O) groups excluding carboxylic acids is 5. The topological polar surface area (TPSA) is 262 Å². The van der Waals surface area contributed by atoms with E-state index in [0.29, 0.717) is 83.7 Å². The van der Waals surface area contributed by atoms with E-state index in [4.69, 9.17) is 24.7 Å². The Morgan fingerprint density at radius 1 is 0.727 bits per heavy atom. The van der Waals surface area contributed by atoms with Crippen molar-refractivity contribution in [3.63, 3.8) is 0 Å². The second-order valence-electron chi connectivity index (χ2n) is 17.1. The number of aromatic nitrogens is 6. The number of fused-ring (bicyclic) bond motifs is 4. The molecule has 2 amide bonds. The predicted molar refractivity (Wildman–Crippen MR) is 291 cm³/mol. The first kappa shape index (κ1) is 65.8. The summed E-state index contributed by atoms with van der Waals surface area (Å²) in [7, 11) is 3.22. The monoisotopic (exact) mass is 1290 g/mol. The van der Waals surface area contributed by atoms with Crippen molar-refractivity contribution >= 4 is 113 Å². The minimum absolute atomic E-state index is 0. The van der Waals surface area contributed by atoms with Gasteiger partial charge in [0, 0.05) is 105 Å². The molecule has 4 aliphatic rings. The number of nitrogens with two attached hydrogens (primary N) is 1. The van der Waals surface area contributed by atoms with Gasteiger partial charge in [-0.15, -0.1) is 0 Å². The van der Waals surface area contributed by atoms with Crippen molar-refractivity contribution in [2.24, 2.45) is 19.8 Å². The minimum Gasteiger partial charge on any atom is -0.468 e. The first-order valence-electron chi connectivity index (χ1n) is 22.7. The van der Waals surface area contributed by atoms with Gasteiger partial charge >= 0.3 is 12.2 Å². The van der Waals surface area contributed by atoms with Gasteiger partial charge in [-0.25, -0.2) is 38.3 Å². The van der Waals surface area contributed by atoms with Gasteiger partial charge < -0.3 is 66.5 Å². The van der Waals surface area contributed by atoms with E-state index in [2.05, 4.69) is 30.2 Å². The van der Waals surface area contributed by atoms with Crippen molar-refractivity contribution in [2.45, 2.75) is 51.7 Å². The molecule has 2 saturated heterocycles. The van der Waals surface area contributed by atoms with Crippen LogP contribution in [0.4, 0.5) is 30.0 Å². The Bertz CT molecular complexity index is 3290. The number of pyridine rings is 2. The van der Waals surface area contributed by atoms with Crippen LogP contribution in [0.1, 0.15) is 33.6 Å². The SMILES string of the molecule is Cc1cc(=O)n(C)c2c(CC=O)c(F)ccc12.Cc1cc(=O)n(C)c2c(CCNC[C@H]3CN(c4cnc5c(n4)CC(=O)CO5)C(=O)O3)c(F)ccc12.NC[C@H]1CN(c2cnc3c(n2)CC(=O)CO3)C(=O)O1.S.S.[CH2-]I.[V].[V]. The van der Waals surface area contributed by atoms with E-state index >= 15 is 0 Å². The molecule has 2 radical (unpaired) electrons. The molecule has 3 N–H and O–H groups in total. The molecule has 0 bridgehead atoms. The van der Waals surface area contributed by atoms with E-state index in [1.54, 1.807) is 39.2 Å².